The highest BCUT2D eigenvalue weighted by Gasteiger charge is 2.34. The van der Waals surface area contributed by atoms with Crippen LogP contribution < -0.4 is 16.0 Å². The van der Waals surface area contributed by atoms with Crippen molar-refractivity contribution in [1.82, 2.24) is 25.5 Å². The van der Waals surface area contributed by atoms with E-state index in [9.17, 15) is 9.18 Å². The van der Waals surface area contributed by atoms with Crippen molar-refractivity contribution in [2.75, 3.05) is 31.6 Å². The van der Waals surface area contributed by atoms with Crippen molar-refractivity contribution in [3.05, 3.63) is 46.9 Å². The number of aromatic nitrogens is 2. The average Bonchev–Trinajstić information content (AvgIpc) is 3.15. The summed E-state index contributed by atoms with van der Waals surface area (Å²) in [7, 11) is 0. The van der Waals surface area contributed by atoms with Crippen LogP contribution in [0, 0.1) is 11.2 Å². The largest absolute Gasteiger partial charge is 0.377 e. The lowest BCUT2D eigenvalue weighted by atomic mass is 9.93. The first-order valence-corrected chi connectivity index (χ1v) is 10.6. The molecule has 2 atom stereocenters. The Balaban J connectivity index is 1.51. The number of hydrogen-bond acceptors (Lipinski definition) is 7. The van der Waals surface area contributed by atoms with E-state index in [0.29, 0.717) is 37.2 Å². The Kier molecular flexibility index (Phi) is 5.90. The summed E-state index contributed by atoms with van der Waals surface area (Å²) >= 11 is 6.11. The average molecular weight is 449 g/mol. The number of anilines is 1. The van der Waals surface area contributed by atoms with Crippen molar-refractivity contribution in [3.63, 3.8) is 0 Å². The van der Waals surface area contributed by atoms with Gasteiger partial charge in [-0.2, -0.15) is 0 Å². The van der Waals surface area contributed by atoms with E-state index < -0.39 is 11.2 Å². The third kappa shape index (κ3) is 4.52. The molecule has 4 heterocycles. The third-order valence-corrected chi connectivity index (χ3v) is 5.54. The van der Waals surface area contributed by atoms with Gasteiger partial charge in [0.05, 0.1) is 30.5 Å². The van der Waals surface area contributed by atoms with E-state index in [0.717, 1.165) is 17.3 Å². The highest BCUT2D eigenvalue weighted by Crippen LogP contribution is 2.31. The third-order valence-electron chi connectivity index (χ3n) is 5.32. The Hall–Kier alpha value is -2.65. The van der Waals surface area contributed by atoms with Gasteiger partial charge < -0.3 is 25.6 Å². The molecule has 0 aromatic carbocycles. The highest BCUT2D eigenvalue weighted by atomic mass is 35.5. The lowest BCUT2D eigenvalue weighted by Crippen LogP contribution is -2.54. The lowest BCUT2D eigenvalue weighted by molar-refractivity contribution is -0.147. The summed E-state index contributed by atoms with van der Waals surface area (Å²) in [6.07, 6.45) is 6.32. The first kappa shape index (κ1) is 21.6. The Labute approximate surface area is 185 Å². The van der Waals surface area contributed by atoms with Gasteiger partial charge in [0.15, 0.2) is 17.5 Å². The number of hydrogen-bond donors (Lipinski definition) is 3. The quantitative estimate of drug-likeness (QED) is 0.650. The second-order valence-electron chi connectivity index (χ2n) is 8.70. The van der Waals surface area contributed by atoms with Crippen LogP contribution in [-0.4, -0.2) is 59.3 Å². The molecule has 0 bridgehead atoms. The van der Waals surface area contributed by atoms with Gasteiger partial charge in [0.1, 0.15) is 6.17 Å². The summed E-state index contributed by atoms with van der Waals surface area (Å²) in [6.45, 7) is 7.36. The van der Waals surface area contributed by atoms with Crippen LogP contribution in [0.3, 0.4) is 0 Å². The molecule has 10 heteroatoms. The number of rotatable bonds is 4. The molecule has 1 aromatic heterocycles. The molecule has 0 spiro atoms. The number of allylic oxidation sites excluding steroid dienone is 2. The molecule has 166 valence electrons. The van der Waals surface area contributed by atoms with Crippen LogP contribution in [0.15, 0.2) is 35.3 Å². The summed E-state index contributed by atoms with van der Waals surface area (Å²) in [5.41, 5.74) is 1.11. The van der Waals surface area contributed by atoms with E-state index in [1.54, 1.807) is 17.3 Å². The second kappa shape index (κ2) is 8.47. The molecule has 3 N–H and O–H groups in total. The van der Waals surface area contributed by atoms with Gasteiger partial charge in [-0.3, -0.25) is 4.79 Å². The van der Waals surface area contributed by atoms with Gasteiger partial charge in [-0.05, 0) is 6.08 Å². The topological polar surface area (TPSA) is 91.4 Å². The number of halogens is 2. The van der Waals surface area contributed by atoms with Crippen molar-refractivity contribution >= 4 is 28.9 Å². The number of dihydropyridines is 1. The number of amides is 1. The van der Waals surface area contributed by atoms with Crippen molar-refractivity contribution < 1.29 is 13.9 Å². The zero-order valence-corrected chi connectivity index (χ0v) is 18.5. The molecule has 1 aromatic rings. The summed E-state index contributed by atoms with van der Waals surface area (Å²) in [6, 6.07) is -0.218. The van der Waals surface area contributed by atoms with Gasteiger partial charge in [-0.1, -0.05) is 32.4 Å². The van der Waals surface area contributed by atoms with E-state index in [2.05, 4.69) is 25.9 Å². The van der Waals surface area contributed by atoms with Crippen molar-refractivity contribution in [2.24, 2.45) is 5.41 Å². The van der Waals surface area contributed by atoms with Gasteiger partial charge in [-0.25, -0.2) is 14.4 Å². The summed E-state index contributed by atoms with van der Waals surface area (Å²) in [5.74, 6) is -0.0674. The van der Waals surface area contributed by atoms with Crippen molar-refractivity contribution in [3.8, 4) is 0 Å². The number of fused-ring (bicyclic) bond motifs is 1. The van der Waals surface area contributed by atoms with Crippen LogP contribution in [0.2, 0.25) is 0 Å². The number of morpholine rings is 1. The molecule has 0 saturated carbocycles. The SMILES string of the molecule is CC(C)(C)C(=O)N1CCOCC1CNc1nc(C2=CNC3NC=C(Cl)C=C23)ncc1F. The number of nitrogens with one attached hydrogen (secondary N) is 3. The zero-order valence-electron chi connectivity index (χ0n) is 17.7. The normalized spacial score (nSPS) is 23.1. The van der Waals surface area contributed by atoms with Gasteiger partial charge in [0.25, 0.3) is 0 Å². The monoisotopic (exact) mass is 448 g/mol. The maximum absolute atomic E-state index is 14.5. The van der Waals surface area contributed by atoms with Crippen LogP contribution in [0.25, 0.3) is 5.57 Å². The molecule has 8 nitrogen and oxygen atoms in total. The van der Waals surface area contributed by atoms with Gasteiger partial charge >= 0.3 is 0 Å². The fraction of sp³-hybridized carbons (Fsp3) is 0.476. The van der Waals surface area contributed by atoms with Gasteiger partial charge in [-0.15, -0.1) is 0 Å². The molecular formula is C21H26ClFN6O2. The highest BCUT2D eigenvalue weighted by molar-refractivity contribution is 6.31. The number of carbonyl (C=O) groups excluding carboxylic acids is 1. The smallest absolute Gasteiger partial charge is 0.228 e. The van der Waals surface area contributed by atoms with E-state index in [4.69, 9.17) is 16.3 Å². The molecule has 4 rings (SSSR count). The van der Waals surface area contributed by atoms with Crippen molar-refractivity contribution in [2.45, 2.75) is 33.0 Å². The Morgan fingerprint density at radius 2 is 2.16 bits per heavy atom. The molecule has 0 aliphatic carbocycles. The Morgan fingerprint density at radius 3 is 2.94 bits per heavy atom. The summed E-state index contributed by atoms with van der Waals surface area (Å²) in [5, 5.41) is 9.91. The Bertz CT molecular complexity index is 971. The molecule has 3 aliphatic rings. The fourth-order valence-corrected chi connectivity index (χ4v) is 3.88. The maximum Gasteiger partial charge on any atom is 0.228 e. The molecule has 1 fully saturated rings. The number of ether oxygens (including phenoxy) is 1. The van der Waals surface area contributed by atoms with E-state index >= 15 is 0 Å². The van der Waals surface area contributed by atoms with Crippen LogP contribution in [0.1, 0.15) is 26.6 Å². The van der Waals surface area contributed by atoms with Gasteiger partial charge in [0.2, 0.25) is 5.91 Å². The van der Waals surface area contributed by atoms with Gasteiger partial charge in [0, 0.05) is 42.1 Å². The van der Waals surface area contributed by atoms with E-state index in [1.165, 1.54) is 0 Å². The summed E-state index contributed by atoms with van der Waals surface area (Å²) in [4.78, 5) is 23.1. The molecule has 1 saturated heterocycles. The maximum atomic E-state index is 14.5. The van der Waals surface area contributed by atoms with E-state index in [1.807, 2.05) is 26.8 Å². The summed E-state index contributed by atoms with van der Waals surface area (Å²) < 4.78 is 20.0. The van der Waals surface area contributed by atoms with E-state index in [-0.39, 0.29) is 23.9 Å². The second-order valence-corrected chi connectivity index (χ2v) is 9.14. The van der Waals surface area contributed by atoms with Crippen LogP contribution in [-0.2, 0) is 9.53 Å². The zero-order chi connectivity index (χ0) is 22.2. The van der Waals surface area contributed by atoms with Crippen molar-refractivity contribution in [1.29, 1.82) is 0 Å². The lowest BCUT2D eigenvalue weighted by Gasteiger charge is -2.39. The minimum atomic E-state index is -0.564. The fourth-order valence-electron chi connectivity index (χ4n) is 3.70. The molecule has 3 aliphatic heterocycles. The first-order chi connectivity index (χ1) is 14.7. The number of nitrogens with zero attached hydrogens (tertiary/aromatic N) is 3. The minimum Gasteiger partial charge on any atom is -0.377 e. The Morgan fingerprint density at radius 1 is 1.39 bits per heavy atom. The molecule has 2 unspecified atom stereocenters. The minimum absolute atomic E-state index is 0.0429. The predicted molar refractivity (Wildman–Crippen MR) is 116 cm³/mol. The van der Waals surface area contributed by atoms with Crippen LogP contribution >= 0.6 is 11.6 Å². The van der Waals surface area contributed by atoms with Crippen LogP contribution in [0.5, 0.6) is 0 Å². The molecular weight excluding hydrogens is 423 g/mol. The molecule has 31 heavy (non-hydrogen) atoms. The molecule has 1 amide bonds. The first-order valence-electron chi connectivity index (χ1n) is 10.2. The number of carbonyl (C=O) groups is 1. The predicted octanol–water partition coefficient (Wildman–Crippen LogP) is 2.18. The standard InChI is InChI=1S/C21H26ClFN6O2/c1-21(2,3)20(30)29-4-5-31-11-13(29)8-25-19-16(23)10-27-18(28-19)15-9-26-17-14(15)6-12(22)7-24-17/h6-7,9-10,13,17,24,26H,4-5,8,11H2,1-3H3,(H,25,27,28). The van der Waals surface area contributed by atoms with Crippen LogP contribution in [0.4, 0.5) is 10.2 Å². The molecule has 0 radical (unpaired) electrons.